The fraction of sp³-hybridized carbons (Fsp3) is 0.0870. The quantitative estimate of drug-likeness (QED) is 0.653. The first-order valence-electron chi connectivity index (χ1n) is 8.57. The Labute approximate surface area is 154 Å². The smallest absolute Gasteiger partial charge is 0.408 e. The van der Waals surface area contributed by atoms with Gasteiger partial charge in [0.1, 0.15) is 6.61 Å². The first-order valence-corrected chi connectivity index (χ1v) is 8.57. The van der Waals surface area contributed by atoms with E-state index in [-0.39, 0.29) is 12.6 Å². The lowest BCUT2D eigenvalue weighted by Gasteiger charge is -2.16. The molecule has 0 unspecified atom stereocenters. The van der Waals surface area contributed by atoms with Crippen molar-refractivity contribution >= 4 is 12.2 Å². The van der Waals surface area contributed by atoms with Crippen LogP contribution in [-0.4, -0.2) is 6.09 Å². The highest BCUT2D eigenvalue weighted by molar-refractivity contribution is 5.69. The Hall–Kier alpha value is -3.33. The van der Waals surface area contributed by atoms with Gasteiger partial charge in [0.2, 0.25) is 0 Å². The lowest BCUT2D eigenvalue weighted by Crippen LogP contribution is -2.28. The monoisotopic (exact) mass is 343 g/mol. The first-order chi connectivity index (χ1) is 12.8. The van der Waals surface area contributed by atoms with Crippen LogP contribution in [0.1, 0.15) is 22.7 Å². The molecule has 130 valence electrons. The van der Waals surface area contributed by atoms with Gasteiger partial charge in [-0.25, -0.2) is 4.79 Å². The van der Waals surface area contributed by atoms with Crippen LogP contribution in [0, 0.1) is 0 Å². The summed E-state index contributed by atoms with van der Waals surface area (Å²) >= 11 is 0. The molecule has 3 rings (SSSR count). The van der Waals surface area contributed by atoms with Gasteiger partial charge in [-0.2, -0.15) is 0 Å². The first kappa shape index (κ1) is 17.5. The average molecular weight is 343 g/mol. The van der Waals surface area contributed by atoms with Crippen molar-refractivity contribution in [1.82, 2.24) is 5.32 Å². The molecule has 1 N–H and O–H groups in total. The molecule has 1 amide bonds. The standard InChI is InChI=1S/C23H21NO2/c25-23(26-18-20-12-6-2-7-13-20)24-22(21-14-8-3-9-15-21)17-16-19-10-4-1-5-11-19/h1-17,22H,18H2,(H,24,25)/b17-16+/t22-/m0/s1. The van der Waals surface area contributed by atoms with Gasteiger partial charge in [-0.05, 0) is 16.7 Å². The van der Waals surface area contributed by atoms with Crippen LogP contribution in [0.3, 0.4) is 0 Å². The van der Waals surface area contributed by atoms with Crippen LogP contribution in [0.4, 0.5) is 4.79 Å². The number of carbonyl (C=O) groups excluding carboxylic acids is 1. The molecule has 0 saturated heterocycles. The van der Waals surface area contributed by atoms with E-state index >= 15 is 0 Å². The van der Waals surface area contributed by atoms with Crippen molar-refractivity contribution in [3.63, 3.8) is 0 Å². The summed E-state index contributed by atoms with van der Waals surface area (Å²) in [7, 11) is 0. The number of hydrogen-bond donors (Lipinski definition) is 1. The highest BCUT2D eigenvalue weighted by Gasteiger charge is 2.12. The molecule has 0 aliphatic rings. The van der Waals surface area contributed by atoms with Crippen molar-refractivity contribution in [3.8, 4) is 0 Å². The van der Waals surface area contributed by atoms with Crippen LogP contribution in [0.5, 0.6) is 0 Å². The van der Waals surface area contributed by atoms with Gasteiger partial charge >= 0.3 is 6.09 Å². The maximum atomic E-state index is 12.2. The van der Waals surface area contributed by atoms with E-state index in [1.165, 1.54) is 0 Å². The molecule has 3 nitrogen and oxygen atoms in total. The van der Waals surface area contributed by atoms with Gasteiger partial charge in [-0.3, -0.25) is 0 Å². The summed E-state index contributed by atoms with van der Waals surface area (Å²) in [5, 5.41) is 2.93. The molecule has 3 aromatic rings. The average Bonchev–Trinajstić information content (AvgIpc) is 2.72. The van der Waals surface area contributed by atoms with E-state index in [1.54, 1.807) is 0 Å². The van der Waals surface area contributed by atoms with Gasteiger partial charge in [0.15, 0.2) is 0 Å². The zero-order chi connectivity index (χ0) is 18.0. The van der Waals surface area contributed by atoms with Gasteiger partial charge in [0.05, 0.1) is 6.04 Å². The van der Waals surface area contributed by atoms with E-state index in [0.29, 0.717) is 0 Å². The Morgan fingerprint density at radius 2 is 1.42 bits per heavy atom. The number of nitrogens with one attached hydrogen (secondary N) is 1. The topological polar surface area (TPSA) is 38.3 Å². The van der Waals surface area contributed by atoms with E-state index in [9.17, 15) is 4.79 Å². The maximum absolute atomic E-state index is 12.2. The number of ether oxygens (including phenoxy) is 1. The molecule has 26 heavy (non-hydrogen) atoms. The molecule has 0 aliphatic heterocycles. The molecule has 0 aromatic heterocycles. The minimum absolute atomic E-state index is 0.247. The van der Waals surface area contributed by atoms with E-state index in [0.717, 1.165) is 16.7 Å². The molecule has 3 aromatic carbocycles. The summed E-state index contributed by atoms with van der Waals surface area (Å²) in [4.78, 5) is 12.2. The Morgan fingerprint density at radius 3 is 2.08 bits per heavy atom. The fourth-order valence-electron chi connectivity index (χ4n) is 2.57. The normalized spacial score (nSPS) is 11.8. The number of hydrogen-bond acceptors (Lipinski definition) is 2. The largest absolute Gasteiger partial charge is 0.445 e. The molecule has 0 bridgehead atoms. The number of benzene rings is 3. The number of rotatable bonds is 6. The summed E-state index contributed by atoms with van der Waals surface area (Å²) in [6.07, 6.45) is 3.52. The maximum Gasteiger partial charge on any atom is 0.408 e. The summed E-state index contributed by atoms with van der Waals surface area (Å²) in [6.45, 7) is 0.247. The predicted octanol–water partition coefficient (Wildman–Crippen LogP) is 5.37. The van der Waals surface area contributed by atoms with Crippen molar-refractivity contribution in [3.05, 3.63) is 114 Å². The molecule has 0 fully saturated rings. The van der Waals surface area contributed by atoms with Crippen LogP contribution < -0.4 is 5.32 Å². The summed E-state index contributed by atoms with van der Waals surface area (Å²) in [5.74, 6) is 0. The summed E-state index contributed by atoms with van der Waals surface area (Å²) in [5.41, 5.74) is 3.03. The molecular formula is C23H21NO2. The second-order valence-electron chi connectivity index (χ2n) is 5.86. The van der Waals surface area contributed by atoms with Gasteiger partial charge in [-0.1, -0.05) is 103 Å². The van der Waals surface area contributed by atoms with Gasteiger partial charge in [-0.15, -0.1) is 0 Å². The van der Waals surface area contributed by atoms with E-state index in [2.05, 4.69) is 5.32 Å². The van der Waals surface area contributed by atoms with Gasteiger partial charge in [0.25, 0.3) is 0 Å². The zero-order valence-corrected chi connectivity index (χ0v) is 14.4. The highest BCUT2D eigenvalue weighted by atomic mass is 16.5. The Kier molecular flexibility index (Phi) is 6.21. The number of amides is 1. The van der Waals surface area contributed by atoms with Gasteiger partial charge < -0.3 is 10.1 Å². The van der Waals surface area contributed by atoms with Crippen molar-refractivity contribution in [2.75, 3.05) is 0 Å². The lowest BCUT2D eigenvalue weighted by molar-refractivity contribution is 0.137. The Bertz CT molecular complexity index is 830. The SMILES string of the molecule is O=C(N[C@@H](/C=C/c1ccccc1)c1ccccc1)OCc1ccccc1. The Morgan fingerprint density at radius 1 is 0.846 bits per heavy atom. The third-order valence-corrected chi connectivity index (χ3v) is 3.93. The Balaban J connectivity index is 1.67. The summed E-state index contributed by atoms with van der Waals surface area (Å²) < 4.78 is 5.35. The predicted molar refractivity (Wildman–Crippen MR) is 104 cm³/mol. The molecule has 0 saturated carbocycles. The van der Waals surface area contributed by atoms with Crippen molar-refractivity contribution in [2.45, 2.75) is 12.6 Å². The van der Waals surface area contributed by atoms with Crippen molar-refractivity contribution in [2.24, 2.45) is 0 Å². The molecule has 0 heterocycles. The minimum Gasteiger partial charge on any atom is -0.445 e. The van der Waals surface area contributed by atoms with E-state index in [1.807, 2.05) is 103 Å². The zero-order valence-electron chi connectivity index (χ0n) is 14.4. The third-order valence-electron chi connectivity index (χ3n) is 3.93. The van der Waals surface area contributed by atoms with E-state index < -0.39 is 6.09 Å². The number of alkyl carbamates (subject to hydrolysis) is 1. The van der Waals surface area contributed by atoms with Crippen LogP contribution in [-0.2, 0) is 11.3 Å². The van der Waals surface area contributed by atoms with Crippen LogP contribution >= 0.6 is 0 Å². The molecule has 0 radical (unpaired) electrons. The van der Waals surface area contributed by atoms with Crippen molar-refractivity contribution in [1.29, 1.82) is 0 Å². The van der Waals surface area contributed by atoms with Gasteiger partial charge in [0, 0.05) is 0 Å². The molecular weight excluding hydrogens is 322 g/mol. The minimum atomic E-state index is -0.444. The highest BCUT2D eigenvalue weighted by Crippen LogP contribution is 2.16. The second kappa shape index (κ2) is 9.23. The molecule has 0 spiro atoms. The second-order valence-corrected chi connectivity index (χ2v) is 5.86. The lowest BCUT2D eigenvalue weighted by atomic mass is 10.1. The molecule has 1 atom stereocenters. The van der Waals surface area contributed by atoms with E-state index in [4.69, 9.17) is 4.74 Å². The van der Waals surface area contributed by atoms with Crippen LogP contribution in [0.2, 0.25) is 0 Å². The molecule has 0 aliphatic carbocycles. The van der Waals surface area contributed by atoms with Crippen molar-refractivity contribution < 1.29 is 9.53 Å². The fourth-order valence-corrected chi connectivity index (χ4v) is 2.57. The third kappa shape index (κ3) is 5.35. The summed E-state index contributed by atoms with van der Waals surface area (Å²) in [6, 6.07) is 29.2. The van der Waals surface area contributed by atoms with Crippen LogP contribution in [0.25, 0.3) is 6.08 Å². The molecule has 3 heteroatoms. The van der Waals surface area contributed by atoms with Crippen LogP contribution in [0.15, 0.2) is 97.1 Å². The number of carbonyl (C=O) groups is 1.